The first-order valence-corrected chi connectivity index (χ1v) is 9.34. The van der Waals surface area contributed by atoms with Crippen molar-refractivity contribution in [3.8, 4) is 5.75 Å². The molecule has 0 bridgehead atoms. The number of carbonyl (C=O) groups excluding carboxylic acids is 2. The molecule has 9 heteroatoms. The number of benzene rings is 2. The molecule has 0 aliphatic heterocycles. The second-order valence-electron chi connectivity index (χ2n) is 6.17. The summed E-state index contributed by atoms with van der Waals surface area (Å²) < 4.78 is 6.57. The van der Waals surface area contributed by atoms with Crippen LogP contribution in [-0.2, 0) is 11.3 Å². The third kappa shape index (κ3) is 4.91. The predicted octanol–water partition coefficient (Wildman–Crippen LogP) is 2.30. The molecule has 3 aromatic rings. The van der Waals surface area contributed by atoms with Gasteiger partial charge in [-0.3, -0.25) is 25.2 Å². The lowest BCUT2D eigenvalue weighted by Gasteiger charge is -2.12. The number of amides is 2. The summed E-state index contributed by atoms with van der Waals surface area (Å²) in [6, 6.07) is 13.3. The Morgan fingerprint density at radius 1 is 1.10 bits per heavy atom. The van der Waals surface area contributed by atoms with Crippen molar-refractivity contribution in [2.45, 2.75) is 19.9 Å². The van der Waals surface area contributed by atoms with Crippen LogP contribution < -0.4 is 21.1 Å². The molecule has 8 nitrogen and oxygen atoms in total. The Balaban J connectivity index is 1.70. The van der Waals surface area contributed by atoms with Crippen molar-refractivity contribution >= 4 is 34.2 Å². The maximum atomic E-state index is 12.6. The number of aromatic nitrogens is 2. The van der Waals surface area contributed by atoms with Crippen molar-refractivity contribution in [3.63, 3.8) is 0 Å². The second-order valence-corrected chi connectivity index (χ2v) is 6.61. The third-order valence-electron chi connectivity index (χ3n) is 4.00. The van der Waals surface area contributed by atoms with E-state index in [9.17, 15) is 14.4 Å². The van der Waals surface area contributed by atoms with Crippen LogP contribution in [0, 0.1) is 0 Å². The van der Waals surface area contributed by atoms with Gasteiger partial charge in [0.2, 0.25) is 0 Å². The van der Waals surface area contributed by atoms with Crippen molar-refractivity contribution in [3.05, 3.63) is 69.6 Å². The average molecular weight is 415 g/mol. The third-order valence-corrected chi connectivity index (χ3v) is 4.23. The van der Waals surface area contributed by atoms with E-state index in [1.807, 2.05) is 6.92 Å². The lowest BCUT2D eigenvalue weighted by molar-refractivity contribution is -0.123. The van der Waals surface area contributed by atoms with Crippen LogP contribution in [0.2, 0.25) is 5.02 Å². The molecule has 0 saturated carbocycles. The van der Waals surface area contributed by atoms with E-state index in [2.05, 4.69) is 16.0 Å². The van der Waals surface area contributed by atoms with Crippen molar-refractivity contribution in [2.75, 3.05) is 6.61 Å². The number of nitrogens with one attached hydrogen (secondary N) is 2. The van der Waals surface area contributed by atoms with Crippen LogP contribution in [-0.4, -0.2) is 28.2 Å². The molecule has 1 aromatic heterocycles. The summed E-state index contributed by atoms with van der Waals surface area (Å²) in [5, 5.41) is 5.44. The smallest absolute Gasteiger partial charge is 0.290 e. The highest BCUT2D eigenvalue weighted by Gasteiger charge is 2.17. The molecule has 0 radical (unpaired) electrons. The summed E-state index contributed by atoms with van der Waals surface area (Å²) in [5.41, 5.74) is 4.36. The molecule has 0 aliphatic rings. The van der Waals surface area contributed by atoms with Gasteiger partial charge in [-0.05, 0) is 30.7 Å². The maximum absolute atomic E-state index is 12.6. The van der Waals surface area contributed by atoms with Gasteiger partial charge in [0.15, 0.2) is 12.3 Å². The molecule has 0 saturated heterocycles. The van der Waals surface area contributed by atoms with E-state index >= 15 is 0 Å². The Kier molecular flexibility index (Phi) is 6.46. The number of aryl methyl sites for hydroxylation is 1. The molecule has 2 aromatic carbocycles. The summed E-state index contributed by atoms with van der Waals surface area (Å²) >= 11 is 5.86. The number of hydrazine groups is 1. The van der Waals surface area contributed by atoms with Crippen molar-refractivity contribution < 1.29 is 14.3 Å². The van der Waals surface area contributed by atoms with Crippen molar-refractivity contribution in [1.82, 2.24) is 20.6 Å². The van der Waals surface area contributed by atoms with Crippen LogP contribution >= 0.6 is 11.6 Å². The number of fused-ring (bicyclic) bond motifs is 1. The lowest BCUT2D eigenvalue weighted by atomic mass is 10.1. The highest BCUT2D eigenvalue weighted by atomic mass is 35.5. The monoisotopic (exact) mass is 414 g/mol. The standard InChI is InChI=1S/C20H19ClN4O4/c1-2-10-25-20(28)16-9-4-3-8-15(16)18(24-25)19(27)23-22-17(26)12-29-14-7-5-6-13(21)11-14/h3-9,11H,2,10,12H2,1H3,(H,22,26)(H,23,27). The number of nitrogens with zero attached hydrogens (tertiary/aromatic N) is 2. The van der Waals surface area contributed by atoms with Gasteiger partial charge in [-0.1, -0.05) is 42.8 Å². The molecule has 0 aliphatic carbocycles. The first kappa shape index (κ1) is 20.3. The van der Waals surface area contributed by atoms with Gasteiger partial charge in [0.05, 0.1) is 5.39 Å². The molecular weight excluding hydrogens is 396 g/mol. The molecule has 0 spiro atoms. The van der Waals surface area contributed by atoms with Crippen molar-refractivity contribution in [2.24, 2.45) is 0 Å². The van der Waals surface area contributed by atoms with Gasteiger partial charge in [0.25, 0.3) is 17.4 Å². The molecule has 2 amide bonds. The summed E-state index contributed by atoms with van der Waals surface area (Å²) in [7, 11) is 0. The molecule has 1 heterocycles. The molecular formula is C20H19ClN4O4. The quantitative estimate of drug-likeness (QED) is 0.602. The second kappa shape index (κ2) is 9.20. The van der Waals surface area contributed by atoms with E-state index in [-0.39, 0.29) is 17.9 Å². The van der Waals surface area contributed by atoms with Crippen molar-refractivity contribution in [1.29, 1.82) is 0 Å². The van der Waals surface area contributed by atoms with Gasteiger partial charge in [-0.15, -0.1) is 0 Å². The maximum Gasteiger partial charge on any atom is 0.290 e. The van der Waals surface area contributed by atoms with Gasteiger partial charge in [-0.25, -0.2) is 4.68 Å². The van der Waals surface area contributed by atoms with E-state index < -0.39 is 11.8 Å². The van der Waals surface area contributed by atoms with Gasteiger partial charge in [0, 0.05) is 17.0 Å². The Bertz CT molecular complexity index is 1110. The average Bonchev–Trinajstić information content (AvgIpc) is 2.73. The van der Waals surface area contributed by atoms with Gasteiger partial charge >= 0.3 is 0 Å². The number of hydrogen-bond acceptors (Lipinski definition) is 5. The zero-order valence-corrected chi connectivity index (χ0v) is 16.4. The number of carbonyl (C=O) groups is 2. The Hall–Kier alpha value is -3.39. The Morgan fingerprint density at radius 3 is 2.59 bits per heavy atom. The SMILES string of the molecule is CCCn1nc(C(=O)NNC(=O)COc2cccc(Cl)c2)c2ccccc2c1=O. The summed E-state index contributed by atoms with van der Waals surface area (Å²) in [6.45, 7) is 1.97. The normalized spacial score (nSPS) is 10.6. The van der Waals surface area contributed by atoms with Crippen LogP contribution in [0.3, 0.4) is 0 Å². The number of halogens is 1. The summed E-state index contributed by atoms with van der Waals surface area (Å²) in [4.78, 5) is 37.0. The topological polar surface area (TPSA) is 102 Å². The lowest BCUT2D eigenvalue weighted by Crippen LogP contribution is -2.44. The van der Waals surface area contributed by atoms with Crippen LogP contribution in [0.1, 0.15) is 23.8 Å². The van der Waals surface area contributed by atoms with Gasteiger partial charge < -0.3 is 4.74 Å². The van der Waals surface area contributed by atoms with Gasteiger partial charge in [-0.2, -0.15) is 5.10 Å². The summed E-state index contributed by atoms with van der Waals surface area (Å²) in [6.07, 6.45) is 0.684. The fourth-order valence-electron chi connectivity index (χ4n) is 2.69. The first-order valence-electron chi connectivity index (χ1n) is 8.97. The molecule has 3 rings (SSSR count). The Labute approximate surface area is 171 Å². The fourth-order valence-corrected chi connectivity index (χ4v) is 2.87. The minimum absolute atomic E-state index is 0.0460. The number of rotatable bonds is 6. The summed E-state index contributed by atoms with van der Waals surface area (Å²) in [5.74, 6) is -0.773. The van der Waals surface area contributed by atoms with Crippen LogP contribution in [0.25, 0.3) is 10.8 Å². The minimum atomic E-state index is -0.637. The van der Waals surface area contributed by atoms with Crippen LogP contribution in [0.4, 0.5) is 0 Å². The zero-order chi connectivity index (χ0) is 20.8. The molecule has 150 valence electrons. The highest BCUT2D eigenvalue weighted by molar-refractivity contribution is 6.30. The zero-order valence-electron chi connectivity index (χ0n) is 15.6. The van der Waals surface area contributed by atoms with Gasteiger partial charge in [0.1, 0.15) is 5.75 Å². The molecule has 2 N–H and O–H groups in total. The van der Waals surface area contributed by atoms with E-state index in [4.69, 9.17) is 16.3 Å². The number of ether oxygens (including phenoxy) is 1. The molecule has 0 atom stereocenters. The van der Waals surface area contributed by atoms with E-state index in [0.29, 0.717) is 34.5 Å². The Morgan fingerprint density at radius 2 is 1.86 bits per heavy atom. The number of hydrogen-bond donors (Lipinski definition) is 2. The highest BCUT2D eigenvalue weighted by Crippen LogP contribution is 2.17. The molecule has 0 fully saturated rings. The van der Waals surface area contributed by atoms with Crippen LogP contribution in [0.15, 0.2) is 53.3 Å². The minimum Gasteiger partial charge on any atom is -0.484 e. The predicted molar refractivity (Wildman–Crippen MR) is 109 cm³/mol. The largest absolute Gasteiger partial charge is 0.484 e. The first-order chi connectivity index (χ1) is 14.0. The van der Waals surface area contributed by atoms with Crippen LogP contribution in [0.5, 0.6) is 5.75 Å². The van der Waals surface area contributed by atoms with E-state index in [0.717, 1.165) is 0 Å². The molecule has 29 heavy (non-hydrogen) atoms. The fraction of sp³-hybridized carbons (Fsp3) is 0.200. The van der Waals surface area contributed by atoms with E-state index in [1.54, 1.807) is 48.5 Å². The van der Waals surface area contributed by atoms with E-state index in [1.165, 1.54) is 4.68 Å². The molecule has 0 unspecified atom stereocenters.